The maximum atomic E-state index is 13.2. The highest BCUT2D eigenvalue weighted by atomic mass is 32.2. The maximum absolute atomic E-state index is 13.2. The van der Waals surface area contributed by atoms with Crippen molar-refractivity contribution in [3.8, 4) is 0 Å². The number of nitrogens with one attached hydrogen (secondary N) is 1. The molecule has 1 heterocycles. The minimum Gasteiger partial charge on any atom is -0.303 e. The first-order chi connectivity index (χ1) is 8.50. The van der Waals surface area contributed by atoms with Gasteiger partial charge in [0.15, 0.2) is 9.84 Å². The van der Waals surface area contributed by atoms with Crippen LogP contribution in [0.4, 0.5) is 4.39 Å². The first-order valence-electron chi connectivity index (χ1n) is 5.92. The van der Waals surface area contributed by atoms with E-state index in [-0.39, 0.29) is 23.7 Å². The maximum Gasteiger partial charge on any atom is 0.173 e. The van der Waals surface area contributed by atoms with Crippen LogP contribution in [0, 0.1) is 5.82 Å². The summed E-state index contributed by atoms with van der Waals surface area (Å²) in [5.41, 5.74) is 0.843. The summed E-state index contributed by atoms with van der Waals surface area (Å²) < 4.78 is 35.8. The van der Waals surface area contributed by atoms with Crippen molar-refractivity contribution in [1.82, 2.24) is 5.32 Å². The molecule has 0 amide bonds. The fraction of sp³-hybridized carbons (Fsp3) is 0.385. The highest BCUT2D eigenvalue weighted by Gasteiger charge is 2.24. The smallest absolute Gasteiger partial charge is 0.173 e. The molecule has 1 aliphatic heterocycles. The van der Waals surface area contributed by atoms with Crippen molar-refractivity contribution in [2.24, 2.45) is 0 Å². The number of benzene rings is 1. The van der Waals surface area contributed by atoms with Crippen LogP contribution in [0.1, 0.15) is 24.9 Å². The highest BCUT2D eigenvalue weighted by Crippen LogP contribution is 2.20. The Morgan fingerprint density at radius 1 is 1.50 bits per heavy atom. The molecule has 2 atom stereocenters. The molecule has 1 aliphatic rings. The van der Waals surface area contributed by atoms with Crippen molar-refractivity contribution in [2.75, 3.05) is 5.75 Å². The summed E-state index contributed by atoms with van der Waals surface area (Å²) in [7, 11) is -3.06. The van der Waals surface area contributed by atoms with Gasteiger partial charge in [0.05, 0.1) is 5.75 Å². The van der Waals surface area contributed by atoms with E-state index in [2.05, 4.69) is 5.32 Å². The van der Waals surface area contributed by atoms with Crippen LogP contribution >= 0.6 is 0 Å². The average molecular weight is 269 g/mol. The van der Waals surface area contributed by atoms with E-state index in [4.69, 9.17) is 0 Å². The Balaban J connectivity index is 2.09. The summed E-state index contributed by atoms with van der Waals surface area (Å²) in [6, 6.07) is 6.16. The van der Waals surface area contributed by atoms with E-state index < -0.39 is 9.84 Å². The normalized spacial score (nSPS) is 23.1. The number of rotatable bonds is 4. The van der Waals surface area contributed by atoms with Gasteiger partial charge in [-0.05, 0) is 24.1 Å². The number of halogens is 1. The van der Waals surface area contributed by atoms with Gasteiger partial charge in [-0.15, -0.1) is 0 Å². The molecule has 1 aromatic carbocycles. The molecule has 0 aliphatic carbocycles. The molecule has 5 heteroatoms. The molecule has 2 unspecified atom stereocenters. The third-order valence-corrected chi connectivity index (χ3v) is 4.40. The van der Waals surface area contributed by atoms with Crippen molar-refractivity contribution < 1.29 is 12.8 Å². The zero-order valence-electron chi connectivity index (χ0n) is 10.1. The van der Waals surface area contributed by atoms with Gasteiger partial charge >= 0.3 is 0 Å². The lowest BCUT2D eigenvalue weighted by Gasteiger charge is -2.21. The van der Waals surface area contributed by atoms with Gasteiger partial charge in [0.1, 0.15) is 5.82 Å². The monoisotopic (exact) mass is 269 g/mol. The Labute approximate surface area is 107 Å². The zero-order valence-corrected chi connectivity index (χ0v) is 11.0. The SMILES string of the molecule is CCC(NC1C=CS(=O)(=O)C1)c1cccc(F)c1. The standard InChI is InChI=1S/C13H16FNO2S/c1-2-13(10-4-3-5-11(14)8-10)15-12-6-7-18(16,17)9-12/h3-8,12-13,15H,2,9H2,1H3. The van der Waals surface area contributed by atoms with Gasteiger partial charge < -0.3 is 5.32 Å². The predicted molar refractivity (Wildman–Crippen MR) is 69.3 cm³/mol. The minimum absolute atomic E-state index is 0.0383. The molecule has 0 fully saturated rings. The molecule has 18 heavy (non-hydrogen) atoms. The number of hydrogen-bond donors (Lipinski definition) is 1. The fourth-order valence-corrected chi connectivity index (χ4v) is 3.36. The van der Waals surface area contributed by atoms with Crippen molar-refractivity contribution in [1.29, 1.82) is 0 Å². The van der Waals surface area contributed by atoms with Crippen molar-refractivity contribution in [3.63, 3.8) is 0 Å². The molecular weight excluding hydrogens is 253 g/mol. The second-order valence-electron chi connectivity index (χ2n) is 4.45. The molecule has 98 valence electrons. The van der Waals surface area contributed by atoms with E-state index in [0.717, 1.165) is 12.0 Å². The third-order valence-electron chi connectivity index (χ3n) is 3.00. The van der Waals surface area contributed by atoms with E-state index in [1.165, 1.54) is 17.5 Å². The predicted octanol–water partition coefficient (Wildman–Crippen LogP) is 2.18. The van der Waals surface area contributed by atoms with Gasteiger partial charge in [-0.3, -0.25) is 0 Å². The van der Waals surface area contributed by atoms with Gasteiger partial charge in [0.25, 0.3) is 0 Å². The van der Waals surface area contributed by atoms with E-state index >= 15 is 0 Å². The van der Waals surface area contributed by atoms with Gasteiger partial charge in [-0.25, -0.2) is 12.8 Å². The molecule has 0 radical (unpaired) electrons. The van der Waals surface area contributed by atoms with Gasteiger partial charge in [-0.1, -0.05) is 25.1 Å². The van der Waals surface area contributed by atoms with Crippen molar-refractivity contribution >= 4 is 9.84 Å². The van der Waals surface area contributed by atoms with Gasteiger partial charge in [0, 0.05) is 17.5 Å². The number of sulfone groups is 1. The summed E-state index contributed by atoms with van der Waals surface area (Å²) in [4.78, 5) is 0. The molecule has 0 saturated carbocycles. The summed E-state index contributed by atoms with van der Waals surface area (Å²) in [5, 5.41) is 4.47. The summed E-state index contributed by atoms with van der Waals surface area (Å²) in [5.74, 6) is -0.193. The molecule has 1 N–H and O–H groups in total. The molecular formula is C13H16FNO2S. The van der Waals surface area contributed by atoms with E-state index in [0.29, 0.717) is 0 Å². The van der Waals surface area contributed by atoms with Crippen LogP contribution in [-0.4, -0.2) is 20.2 Å². The molecule has 0 saturated heterocycles. The lowest BCUT2D eigenvalue weighted by molar-refractivity contribution is 0.488. The average Bonchev–Trinajstić information content (AvgIpc) is 2.65. The first kappa shape index (κ1) is 13.2. The molecule has 3 nitrogen and oxygen atoms in total. The van der Waals surface area contributed by atoms with E-state index in [9.17, 15) is 12.8 Å². The van der Waals surface area contributed by atoms with Crippen LogP contribution in [0.5, 0.6) is 0 Å². The fourth-order valence-electron chi connectivity index (χ4n) is 2.11. The van der Waals surface area contributed by atoms with Crippen LogP contribution in [0.2, 0.25) is 0 Å². The summed E-state index contributed by atoms with van der Waals surface area (Å²) >= 11 is 0. The Morgan fingerprint density at radius 3 is 2.83 bits per heavy atom. The summed E-state index contributed by atoms with van der Waals surface area (Å²) in [6.07, 6.45) is 2.42. The second kappa shape index (κ2) is 5.20. The van der Waals surface area contributed by atoms with Crippen LogP contribution in [0.3, 0.4) is 0 Å². The Morgan fingerprint density at radius 2 is 2.28 bits per heavy atom. The van der Waals surface area contributed by atoms with Crippen LogP contribution in [-0.2, 0) is 9.84 Å². The largest absolute Gasteiger partial charge is 0.303 e. The Bertz CT molecular complexity index is 554. The quantitative estimate of drug-likeness (QED) is 0.911. The lowest BCUT2D eigenvalue weighted by atomic mass is 10.0. The Hall–Kier alpha value is -1.20. The van der Waals surface area contributed by atoms with Crippen molar-refractivity contribution in [2.45, 2.75) is 25.4 Å². The number of hydrogen-bond acceptors (Lipinski definition) is 3. The van der Waals surface area contributed by atoms with Crippen LogP contribution in [0.25, 0.3) is 0 Å². The van der Waals surface area contributed by atoms with Gasteiger partial charge in [-0.2, -0.15) is 0 Å². The molecule has 0 spiro atoms. The first-order valence-corrected chi connectivity index (χ1v) is 7.64. The van der Waals surface area contributed by atoms with Crippen molar-refractivity contribution in [3.05, 3.63) is 47.1 Å². The zero-order chi connectivity index (χ0) is 13.2. The van der Waals surface area contributed by atoms with Crippen LogP contribution < -0.4 is 5.32 Å². The molecule has 2 rings (SSSR count). The molecule has 1 aromatic rings. The third kappa shape index (κ3) is 3.17. The Kier molecular flexibility index (Phi) is 3.82. The summed E-state index contributed by atoms with van der Waals surface area (Å²) in [6.45, 7) is 1.98. The highest BCUT2D eigenvalue weighted by molar-refractivity contribution is 7.94. The van der Waals surface area contributed by atoms with Crippen LogP contribution in [0.15, 0.2) is 35.7 Å². The molecule has 0 bridgehead atoms. The van der Waals surface area contributed by atoms with Gasteiger partial charge in [0.2, 0.25) is 0 Å². The van der Waals surface area contributed by atoms with E-state index in [1.54, 1.807) is 12.1 Å². The molecule has 0 aromatic heterocycles. The topological polar surface area (TPSA) is 46.2 Å². The lowest BCUT2D eigenvalue weighted by Crippen LogP contribution is -2.33. The second-order valence-corrected chi connectivity index (χ2v) is 6.38. The van der Waals surface area contributed by atoms with E-state index in [1.807, 2.05) is 13.0 Å². The minimum atomic E-state index is -3.06.